The highest BCUT2D eigenvalue weighted by Crippen LogP contribution is 2.23. The van der Waals surface area contributed by atoms with Crippen LogP contribution in [-0.4, -0.2) is 44.0 Å². The zero-order chi connectivity index (χ0) is 18.2. The van der Waals surface area contributed by atoms with Crippen molar-refractivity contribution >= 4 is 18.4 Å². The van der Waals surface area contributed by atoms with E-state index in [0.29, 0.717) is 32.2 Å². The van der Waals surface area contributed by atoms with Crippen molar-refractivity contribution in [2.24, 2.45) is 17.6 Å². The Morgan fingerprint density at radius 2 is 1.96 bits per heavy atom. The smallest absolute Gasteiger partial charge is 0.323 e. The number of carbonyl (C=O) groups excluding carboxylic acids is 1. The van der Waals surface area contributed by atoms with Gasteiger partial charge in [0.15, 0.2) is 0 Å². The molecule has 148 valence electrons. The Kier molecular flexibility index (Phi) is 10.2. The molecule has 5 nitrogen and oxygen atoms in total. The van der Waals surface area contributed by atoms with E-state index in [4.69, 9.17) is 19.9 Å². The van der Waals surface area contributed by atoms with Gasteiger partial charge in [-0.25, -0.2) is 0 Å². The molecular formula is C20H32ClNO4. The second-order valence-electron chi connectivity index (χ2n) is 7.25. The SMILES string of the molecule is CC(C)CO[C@@H]1[C@@H](Cc2ccccc2)COCC[C@H](N)C(=O)O[C@H]1C.Cl. The predicted octanol–water partition coefficient (Wildman–Crippen LogP) is 2.99. The van der Waals surface area contributed by atoms with Crippen LogP contribution >= 0.6 is 12.4 Å². The van der Waals surface area contributed by atoms with Crippen LogP contribution in [0.5, 0.6) is 0 Å². The van der Waals surface area contributed by atoms with Gasteiger partial charge in [0.1, 0.15) is 12.1 Å². The number of carbonyl (C=O) groups is 1. The molecule has 0 aromatic heterocycles. The van der Waals surface area contributed by atoms with E-state index >= 15 is 0 Å². The van der Waals surface area contributed by atoms with Crippen LogP contribution in [0.1, 0.15) is 32.8 Å². The summed E-state index contributed by atoms with van der Waals surface area (Å²) in [5.41, 5.74) is 7.08. The predicted molar refractivity (Wildman–Crippen MR) is 104 cm³/mol. The van der Waals surface area contributed by atoms with Gasteiger partial charge >= 0.3 is 5.97 Å². The maximum absolute atomic E-state index is 12.1. The summed E-state index contributed by atoms with van der Waals surface area (Å²) in [6.45, 7) is 7.73. The van der Waals surface area contributed by atoms with E-state index in [2.05, 4.69) is 26.0 Å². The van der Waals surface area contributed by atoms with Gasteiger partial charge in [0.25, 0.3) is 0 Å². The second kappa shape index (κ2) is 11.5. The largest absolute Gasteiger partial charge is 0.459 e. The lowest BCUT2D eigenvalue weighted by Gasteiger charge is -2.33. The molecule has 6 heteroatoms. The van der Waals surface area contributed by atoms with Crippen molar-refractivity contribution in [1.82, 2.24) is 0 Å². The standard InChI is InChI=1S/C20H31NO4.ClH/c1-14(2)12-24-19-15(3)25-20(22)18(21)9-10-23-13-17(19)11-16-7-5-4-6-8-16;/h4-8,14-15,17-19H,9-13,21H2,1-3H3;1H/t15-,17-,18-,19-;/m0./s1. The molecule has 26 heavy (non-hydrogen) atoms. The van der Waals surface area contributed by atoms with Gasteiger partial charge in [0, 0.05) is 19.1 Å². The van der Waals surface area contributed by atoms with Crippen LogP contribution in [0.2, 0.25) is 0 Å². The van der Waals surface area contributed by atoms with Crippen LogP contribution in [0.3, 0.4) is 0 Å². The van der Waals surface area contributed by atoms with Gasteiger partial charge < -0.3 is 19.9 Å². The van der Waals surface area contributed by atoms with E-state index in [1.54, 1.807) is 0 Å². The number of benzene rings is 1. The number of halogens is 1. The third kappa shape index (κ3) is 7.23. The Morgan fingerprint density at radius 1 is 1.27 bits per heavy atom. The average molecular weight is 386 g/mol. The molecule has 0 bridgehead atoms. The van der Waals surface area contributed by atoms with Crippen molar-refractivity contribution in [3.05, 3.63) is 35.9 Å². The summed E-state index contributed by atoms with van der Waals surface area (Å²) in [6.07, 6.45) is 0.697. The molecular weight excluding hydrogens is 354 g/mol. The summed E-state index contributed by atoms with van der Waals surface area (Å²) in [5.74, 6) is 0.131. The number of hydrogen-bond donors (Lipinski definition) is 1. The molecule has 0 spiro atoms. The van der Waals surface area contributed by atoms with Crippen LogP contribution in [-0.2, 0) is 25.4 Å². The van der Waals surface area contributed by atoms with E-state index in [9.17, 15) is 4.79 Å². The summed E-state index contributed by atoms with van der Waals surface area (Å²) in [7, 11) is 0. The lowest BCUT2D eigenvalue weighted by Crippen LogP contribution is -2.45. The minimum Gasteiger partial charge on any atom is -0.459 e. The van der Waals surface area contributed by atoms with Crippen LogP contribution in [0.4, 0.5) is 0 Å². The topological polar surface area (TPSA) is 70.8 Å². The van der Waals surface area contributed by atoms with Gasteiger partial charge in [0.05, 0.1) is 12.7 Å². The molecule has 4 atom stereocenters. The lowest BCUT2D eigenvalue weighted by atomic mass is 9.91. The quantitative estimate of drug-likeness (QED) is 0.789. The minimum atomic E-state index is -0.640. The molecule has 2 rings (SSSR count). The zero-order valence-electron chi connectivity index (χ0n) is 15.9. The van der Waals surface area contributed by atoms with Crippen molar-refractivity contribution in [3.63, 3.8) is 0 Å². The summed E-state index contributed by atoms with van der Waals surface area (Å²) in [5, 5.41) is 0. The molecule has 1 aromatic rings. The Hall–Kier alpha value is -1.14. The first-order valence-electron chi connectivity index (χ1n) is 9.16. The Balaban J connectivity index is 0.00000338. The second-order valence-corrected chi connectivity index (χ2v) is 7.25. The highest BCUT2D eigenvalue weighted by Gasteiger charge is 2.33. The molecule has 1 aliphatic heterocycles. The van der Waals surface area contributed by atoms with Crippen molar-refractivity contribution in [2.75, 3.05) is 19.8 Å². The van der Waals surface area contributed by atoms with Gasteiger partial charge in [-0.2, -0.15) is 0 Å². The minimum absolute atomic E-state index is 0. The summed E-state index contributed by atoms with van der Waals surface area (Å²) in [6, 6.07) is 9.63. The Morgan fingerprint density at radius 3 is 2.62 bits per heavy atom. The summed E-state index contributed by atoms with van der Waals surface area (Å²) >= 11 is 0. The van der Waals surface area contributed by atoms with E-state index < -0.39 is 6.04 Å². The molecule has 1 heterocycles. The first kappa shape index (κ1) is 22.9. The molecule has 0 amide bonds. The monoisotopic (exact) mass is 385 g/mol. The maximum atomic E-state index is 12.1. The number of cyclic esters (lactones) is 1. The van der Waals surface area contributed by atoms with Crippen molar-refractivity contribution in [3.8, 4) is 0 Å². The third-order valence-corrected chi connectivity index (χ3v) is 4.40. The van der Waals surface area contributed by atoms with Crippen molar-refractivity contribution in [1.29, 1.82) is 0 Å². The van der Waals surface area contributed by atoms with Gasteiger partial charge in [-0.05, 0) is 31.2 Å². The van der Waals surface area contributed by atoms with Crippen molar-refractivity contribution < 1.29 is 19.0 Å². The number of esters is 1. The van der Waals surface area contributed by atoms with Gasteiger partial charge in [-0.3, -0.25) is 4.79 Å². The first-order valence-corrected chi connectivity index (χ1v) is 9.16. The maximum Gasteiger partial charge on any atom is 0.323 e. The molecule has 0 radical (unpaired) electrons. The molecule has 2 N–H and O–H groups in total. The molecule has 1 aliphatic rings. The van der Waals surface area contributed by atoms with Crippen LogP contribution in [0.25, 0.3) is 0 Å². The fraction of sp³-hybridized carbons (Fsp3) is 0.650. The van der Waals surface area contributed by atoms with Crippen LogP contribution in [0, 0.1) is 11.8 Å². The summed E-state index contributed by atoms with van der Waals surface area (Å²) < 4.78 is 17.6. The van der Waals surface area contributed by atoms with E-state index in [-0.39, 0.29) is 36.5 Å². The normalized spacial score (nSPS) is 27.5. The molecule has 0 aliphatic carbocycles. The highest BCUT2D eigenvalue weighted by molar-refractivity contribution is 5.85. The zero-order valence-corrected chi connectivity index (χ0v) is 16.7. The fourth-order valence-electron chi connectivity index (χ4n) is 3.05. The molecule has 0 unspecified atom stereocenters. The van der Waals surface area contributed by atoms with E-state index in [0.717, 1.165) is 6.42 Å². The van der Waals surface area contributed by atoms with Crippen LogP contribution in [0.15, 0.2) is 30.3 Å². The first-order chi connectivity index (χ1) is 12.0. The van der Waals surface area contributed by atoms with Gasteiger partial charge in [-0.15, -0.1) is 12.4 Å². The highest BCUT2D eigenvalue weighted by atomic mass is 35.5. The lowest BCUT2D eigenvalue weighted by molar-refractivity contribution is -0.166. The number of ether oxygens (including phenoxy) is 3. The van der Waals surface area contributed by atoms with Gasteiger partial charge in [-0.1, -0.05) is 44.2 Å². The molecule has 1 saturated heterocycles. The van der Waals surface area contributed by atoms with E-state index in [1.165, 1.54) is 5.56 Å². The van der Waals surface area contributed by atoms with Crippen LogP contribution < -0.4 is 5.73 Å². The number of rotatable bonds is 5. The van der Waals surface area contributed by atoms with E-state index in [1.807, 2.05) is 25.1 Å². The molecule has 0 saturated carbocycles. The number of nitrogens with two attached hydrogens (primary N) is 1. The molecule has 1 fully saturated rings. The summed E-state index contributed by atoms with van der Waals surface area (Å²) in [4.78, 5) is 12.1. The average Bonchev–Trinajstić information content (AvgIpc) is 2.58. The van der Waals surface area contributed by atoms with Gasteiger partial charge in [0.2, 0.25) is 0 Å². The van der Waals surface area contributed by atoms with Crippen molar-refractivity contribution in [2.45, 2.75) is 51.9 Å². The Labute approximate surface area is 163 Å². The molecule has 1 aromatic carbocycles. The fourth-order valence-corrected chi connectivity index (χ4v) is 3.05. The Bertz CT molecular complexity index is 526. The third-order valence-electron chi connectivity index (χ3n) is 4.40. The number of hydrogen-bond acceptors (Lipinski definition) is 5.